The molecule has 0 bridgehead atoms. The highest BCUT2D eigenvalue weighted by Crippen LogP contribution is 2.46. The molecule has 25 heavy (non-hydrogen) atoms. The summed E-state index contributed by atoms with van der Waals surface area (Å²) in [4.78, 5) is 24.6. The smallest absolute Gasteiger partial charge is 0.195 e. The van der Waals surface area contributed by atoms with E-state index in [1.165, 1.54) is 0 Å². The van der Waals surface area contributed by atoms with Crippen molar-refractivity contribution in [2.75, 3.05) is 5.32 Å². The highest BCUT2D eigenvalue weighted by molar-refractivity contribution is 6.31. The molecule has 2 aromatic carbocycles. The van der Waals surface area contributed by atoms with Crippen molar-refractivity contribution in [2.45, 2.75) is 18.4 Å². The van der Waals surface area contributed by atoms with E-state index in [9.17, 15) is 14.7 Å². The van der Waals surface area contributed by atoms with Crippen LogP contribution >= 0.6 is 11.6 Å². The van der Waals surface area contributed by atoms with E-state index in [1.807, 2.05) is 24.3 Å². The maximum absolute atomic E-state index is 13.0. The molecule has 0 fully saturated rings. The lowest BCUT2D eigenvalue weighted by Crippen LogP contribution is -2.49. The molecule has 5 heteroatoms. The first-order valence-electron chi connectivity index (χ1n) is 8.13. The Labute approximate surface area is 150 Å². The molecule has 0 unspecified atom stereocenters. The summed E-state index contributed by atoms with van der Waals surface area (Å²) >= 11 is 6.27. The third-order valence-corrected chi connectivity index (χ3v) is 5.19. The van der Waals surface area contributed by atoms with Crippen LogP contribution in [0.5, 0.6) is 0 Å². The van der Waals surface area contributed by atoms with Gasteiger partial charge in [0.05, 0.1) is 12.0 Å². The Morgan fingerprint density at radius 2 is 1.92 bits per heavy atom. The van der Waals surface area contributed by atoms with E-state index in [-0.39, 0.29) is 17.6 Å². The third-order valence-electron chi connectivity index (χ3n) is 4.97. The summed E-state index contributed by atoms with van der Waals surface area (Å²) in [5, 5.41) is 15.1. The van der Waals surface area contributed by atoms with Crippen molar-refractivity contribution < 1.29 is 14.7 Å². The number of halogens is 1. The van der Waals surface area contributed by atoms with Crippen LogP contribution in [0.2, 0.25) is 5.02 Å². The Morgan fingerprint density at radius 1 is 1.16 bits per heavy atom. The molecule has 3 atom stereocenters. The lowest BCUT2D eigenvalue weighted by molar-refractivity contribution is -0.308. The van der Waals surface area contributed by atoms with Crippen LogP contribution in [0.3, 0.4) is 0 Å². The Kier molecular flexibility index (Phi) is 3.85. The van der Waals surface area contributed by atoms with Gasteiger partial charge in [0.1, 0.15) is 0 Å². The lowest BCUT2D eigenvalue weighted by Gasteiger charge is -2.38. The van der Waals surface area contributed by atoms with E-state index in [4.69, 9.17) is 11.6 Å². The molecule has 126 valence electrons. The number of allylic oxidation sites excluding steroid dienone is 2. The lowest BCUT2D eigenvalue weighted by atomic mass is 9.78. The van der Waals surface area contributed by atoms with E-state index >= 15 is 0 Å². The van der Waals surface area contributed by atoms with Gasteiger partial charge in [-0.05, 0) is 30.0 Å². The molecule has 1 aliphatic heterocycles. The number of aliphatic carboxylic acids is 1. The molecule has 2 aromatic rings. The number of benzene rings is 2. The summed E-state index contributed by atoms with van der Waals surface area (Å²) in [5.74, 6) is -1.56. The second-order valence-corrected chi connectivity index (χ2v) is 6.84. The summed E-state index contributed by atoms with van der Waals surface area (Å²) in [6.45, 7) is 0. The Hall–Kier alpha value is -2.59. The standard InChI is InChI=1S/C20H16ClNO3/c21-12-9-15-13-7-4-8-14(13)18(20(24)25)22-17(15)16(10-12)19(23)11-5-2-1-3-6-11/h1-7,9-10,13-14,18,22H,8H2,(H,24,25)/p-1/t13-,14+,18+/m0/s1. The van der Waals surface area contributed by atoms with Gasteiger partial charge >= 0.3 is 0 Å². The zero-order valence-corrected chi connectivity index (χ0v) is 14.0. The molecule has 0 amide bonds. The summed E-state index contributed by atoms with van der Waals surface area (Å²) in [6, 6.07) is 11.4. The average Bonchev–Trinajstić information content (AvgIpc) is 3.10. The minimum Gasteiger partial charge on any atom is -0.548 e. The SMILES string of the molecule is O=C(c1ccccc1)c1cc(Cl)cc2c1N[C@@H](C(=O)[O-])[C@@H]1CC=C[C@H]21. The summed E-state index contributed by atoms with van der Waals surface area (Å²) < 4.78 is 0. The first-order valence-corrected chi connectivity index (χ1v) is 8.51. The van der Waals surface area contributed by atoms with Crippen LogP contribution in [0.15, 0.2) is 54.6 Å². The largest absolute Gasteiger partial charge is 0.548 e. The van der Waals surface area contributed by atoms with Gasteiger partial charge in [0.2, 0.25) is 0 Å². The van der Waals surface area contributed by atoms with Crippen LogP contribution in [0, 0.1) is 5.92 Å². The second kappa shape index (κ2) is 6.05. The van der Waals surface area contributed by atoms with Crippen molar-refractivity contribution in [3.63, 3.8) is 0 Å². The molecule has 0 saturated heterocycles. The summed E-state index contributed by atoms with van der Waals surface area (Å²) in [6.07, 6.45) is 4.62. The predicted molar refractivity (Wildman–Crippen MR) is 93.7 cm³/mol. The highest BCUT2D eigenvalue weighted by Gasteiger charge is 2.39. The van der Waals surface area contributed by atoms with Crippen LogP contribution in [-0.4, -0.2) is 17.8 Å². The number of rotatable bonds is 3. The van der Waals surface area contributed by atoms with Crippen LogP contribution < -0.4 is 10.4 Å². The van der Waals surface area contributed by atoms with Gasteiger partial charge in [-0.2, -0.15) is 0 Å². The first kappa shape index (κ1) is 15.9. The molecule has 1 heterocycles. The molecular formula is C20H15ClNO3-. The molecule has 0 aromatic heterocycles. The fourth-order valence-electron chi connectivity index (χ4n) is 3.82. The Bertz CT molecular complexity index is 891. The predicted octanol–water partition coefficient (Wildman–Crippen LogP) is 2.77. The van der Waals surface area contributed by atoms with Crippen LogP contribution in [-0.2, 0) is 4.79 Å². The van der Waals surface area contributed by atoms with E-state index in [2.05, 4.69) is 5.32 Å². The number of carboxylic acids is 1. The average molecular weight is 353 g/mol. The van der Waals surface area contributed by atoms with Crippen molar-refractivity contribution in [3.05, 3.63) is 76.3 Å². The number of hydrogen-bond donors (Lipinski definition) is 1. The van der Waals surface area contributed by atoms with Gasteiger partial charge in [0, 0.05) is 27.8 Å². The summed E-state index contributed by atoms with van der Waals surface area (Å²) in [5.41, 5.74) is 2.32. The van der Waals surface area contributed by atoms with Crippen molar-refractivity contribution in [2.24, 2.45) is 5.92 Å². The molecular weight excluding hydrogens is 338 g/mol. The Morgan fingerprint density at radius 3 is 2.64 bits per heavy atom. The van der Waals surface area contributed by atoms with Crippen molar-refractivity contribution >= 4 is 29.0 Å². The third kappa shape index (κ3) is 2.63. The topological polar surface area (TPSA) is 69.2 Å². The second-order valence-electron chi connectivity index (χ2n) is 6.41. The Balaban J connectivity index is 1.87. The number of anilines is 1. The molecule has 0 spiro atoms. The van der Waals surface area contributed by atoms with Crippen LogP contribution in [0.25, 0.3) is 0 Å². The number of carbonyl (C=O) groups excluding carboxylic acids is 2. The number of fused-ring (bicyclic) bond motifs is 3. The highest BCUT2D eigenvalue weighted by atomic mass is 35.5. The van der Waals surface area contributed by atoms with Gasteiger partial charge in [-0.3, -0.25) is 4.79 Å². The van der Waals surface area contributed by atoms with Gasteiger partial charge in [-0.15, -0.1) is 0 Å². The van der Waals surface area contributed by atoms with Crippen LogP contribution in [0.1, 0.15) is 33.8 Å². The van der Waals surface area contributed by atoms with Gasteiger partial charge in [0.15, 0.2) is 5.78 Å². The number of nitrogens with one attached hydrogen (secondary N) is 1. The number of ketones is 1. The van der Waals surface area contributed by atoms with Crippen molar-refractivity contribution in [3.8, 4) is 0 Å². The number of carbonyl (C=O) groups is 2. The van der Waals surface area contributed by atoms with Crippen molar-refractivity contribution in [1.29, 1.82) is 0 Å². The van der Waals surface area contributed by atoms with Gasteiger partial charge in [-0.25, -0.2) is 0 Å². The number of hydrogen-bond acceptors (Lipinski definition) is 4. The molecule has 2 aliphatic rings. The minimum absolute atomic E-state index is 0.0832. The summed E-state index contributed by atoms with van der Waals surface area (Å²) in [7, 11) is 0. The van der Waals surface area contributed by atoms with E-state index < -0.39 is 12.0 Å². The normalized spacial score (nSPS) is 23.5. The maximum atomic E-state index is 13.0. The van der Waals surface area contributed by atoms with Crippen LogP contribution in [0.4, 0.5) is 5.69 Å². The maximum Gasteiger partial charge on any atom is 0.195 e. The van der Waals surface area contributed by atoms with Gasteiger partial charge in [0.25, 0.3) is 0 Å². The fraction of sp³-hybridized carbons (Fsp3) is 0.200. The molecule has 1 aliphatic carbocycles. The zero-order chi connectivity index (χ0) is 17.6. The van der Waals surface area contributed by atoms with E-state index in [0.717, 1.165) is 5.56 Å². The molecule has 0 saturated carbocycles. The first-order chi connectivity index (χ1) is 12.1. The van der Waals surface area contributed by atoms with E-state index in [1.54, 1.807) is 30.3 Å². The van der Waals surface area contributed by atoms with Crippen molar-refractivity contribution in [1.82, 2.24) is 0 Å². The minimum atomic E-state index is -1.16. The fourth-order valence-corrected chi connectivity index (χ4v) is 4.05. The molecule has 0 radical (unpaired) electrons. The van der Waals surface area contributed by atoms with Gasteiger partial charge < -0.3 is 15.2 Å². The molecule has 4 rings (SSSR count). The quantitative estimate of drug-likeness (QED) is 0.681. The number of carboxylic acid groups (broad SMARTS) is 1. The monoisotopic (exact) mass is 352 g/mol. The molecule has 1 N–H and O–H groups in total. The van der Waals surface area contributed by atoms with E-state index in [0.29, 0.717) is 28.3 Å². The van der Waals surface area contributed by atoms with Gasteiger partial charge in [-0.1, -0.05) is 54.1 Å². The zero-order valence-electron chi connectivity index (χ0n) is 13.2. The molecule has 4 nitrogen and oxygen atoms in total.